The van der Waals surface area contributed by atoms with Crippen LogP contribution < -0.4 is 4.90 Å². The molecule has 0 aromatic heterocycles. The summed E-state index contributed by atoms with van der Waals surface area (Å²) < 4.78 is 0. The summed E-state index contributed by atoms with van der Waals surface area (Å²) in [4.78, 5) is 2.46. The predicted molar refractivity (Wildman–Crippen MR) is 250 cm³/mol. The van der Waals surface area contributed by atoms with Gasteiger partial charge in [-0.1, -0.05) is 194 Å². The molecule has 10 aromatic rings. The second-order valence-corrected chi connectivity index (χ2v) is 15.8. The first-order chi connectivity index (χ1) is 29.2. The second kappa shape index (κ2) is 14.2. The van der Waals surface area contributed by atoms with Crippen LogP contribution >= 0.6 is 0 Å². The Labute approximate surface area is 346 Å². The van der Waals surface area contributed by atoms with Crippen LogP contribution in [-0.4, -0.2) is 0 Å². The van der Waals surface area contributed by atoms with Gasteiger partial charge in [0, 0.05) is 22.5 Å². The summed E-state index contributed by atoms with van der Waals surface area (Å²) in [5.74, 6) is 0. The van der Waals surface area contributed by atoms with Gasteiger partial charge in [-0.3, -0.25) is 0 Å². The third-order valence-electron chi connectivity index (χ3n) is 12.5. The molecule has 1 nitrogen and oxygen atoms in total. The Kier molecular flexibility index (Phi) is 8.34. The molecule has 0 aliphatic heterocycles. The average Bonchev–Trinajstić information content (AvgIpc) is 3.57. The zero-order valence-corrected chi connectivity index (χ0v) is 32.9. The molecule has 0 bridgehead atoms. The van der Waals surface area contributed by atoms with Crippen molar-refractivity contribution < 1.29 is 0 Å². The molecule has 0 amide bonds. The van der Waals surface area contributed by atoms with Gasteiger partial charge < -0.3 is 4.90 Å². The van der Waals surface area contributed by atoms with Crippen LogP contribution in [0, 0.1) is 0 Å². The Morgan fingerprint density at radius 2 is 0.797 bits per heavy atom. The average molecular weight is 752 g/mol. The standard InChI is InChI=1S/C58H41N/c1-58(44-26-12-5-13-27-44)54-32-17-16-30-50(54)52-38-47(34-36-55(52)58)59(45-28-18-25-43(37-45)40-19-6-2-7-20-40)46-33-35-49-48-29-14-15-31-51(48)56(41-21-8-3-9-22-41)57(53(49)39-46)42-23-10-4-11-24-42/h2-39H,1H3. The van der Waals surface area contributed by atoms with Crippen LogP contribution in [0.15, 0.2) is 231 Å². The van der Waals surface area contributed by atoms with Crippen LogP contribution in [0.4, 0.5) is 17.1 Å². The Morgan fingerprint density at radius 1 is 0.305 bits per heavy atom. The molecule has 1 aliphatic rings. The fourth-order valence-corrected chi connectivity index (χ4v) is 9.74. The van der Waals surface area contributed by atoms with E-state index in [-0.39, 0.29) is 5.41 Å². The lowest BCUT2D eigenvalue weighted by Crippen LogP contribution is -2.22. The highest BCUT2D eigenvalue weighted by Gasteiger charge is 2.41. The van der Waals surface area contributed by atoms with E-state index < -0.39 is 0 Å². The molecule has 1 unspecified atom stereocenters. The number of hydrogen-bond acceptors (Lipinski definition) is 1. The number of rotatable bonds is 7. The third-order valence-corrected chi connectivity index (χ3v) is 12.5. The molecule has 10 aromatic carbocycles. The SMILES string of the molecule is CC1(c2ccccc2)c2ccccc2-c2cc(N(c3cccc(-c4ccccc4)c3)c3ccc4c(c3)c(-c3ccccc3)c(-c3ccccc3)c3ccccc34)ccc21. The Hall–Kier alpha value is -7.48. The molecule has 1 aliphatic carbocycles. The minimum absolute atomic E-state index is 0.272. The van der Waals surface area contributed by atoms with Crippen molar-refractivity contribution in [2.75, 3.05) is 4.90 Å². The third kappa shape index (κ3) is 5.69. The van der Waals surface area contributed by atoms with Crippen LogP contribution in [0.1, 0.15) is 23.6 Å². The monoisotopic (exact) mass is 751 g/mol. The van der Waals surface area contributed by atoms with E-state index in [1.165, 1.54) is 82.7 Å². The van der Waals surface area contributed by atoms with Crippen molar-refractivity contribution in [2.24, 2.45) is 0 Å². The summed E-state index contributed by atoms with van der Waals surface area (Å²) in [6.45, 7) is 2.39. The molecular weight excluding hydrogens is 711 g/mol. The predicted octanol–water partition coefficient (Wildman–Crippen LogP) is 15.8. The zero-order valence-electron chi connectivity index (χ0n) is 32.9. The minimum atomic E-state index is -0.272. The van der Waals surface area contributed by atoms with Crippen molar-refractivity contribution in [2.45, 2.75) is 12.3 Å². The summed E-state index contributed by atoms with van der Waals surface area (Å²) in [6.07, 6.45) is 0. The van der Waals surface area contributed by atoms with Crippen LogP contribution in [0.2, 0.25) is 0 Å². The largest absolute Gasteiger partial charge is 0.310 e. The highest BCUT2D eigenvalue weighted by molar-refractivity contribution is 6.22. The van der Waals surface area contributed by atoms with E-state index >= 15 is 0 Å². The highest BCUT2D eigenvalue weighted by atomic mass is 15.1. The quantitative estimate of drug-likeness (QED) is 0.147. The van der Waals surface area contributed by atoms with Gasteiger partial charge in [0.25, 0.3) is 0 Å². The zero-order chi connectivity index (χ0) is 39.3. The summed E-state index contributed by atoms with van der Waals surface area (Å²) >= 11 is 0. The Balaban J connectivity index is 1.19. The van der Waals surface area contributed by atoms with Gasteiger partial charge in [-0.05, 0) is 126 Å². The first-order valence-electron chi connectivity index (χ1n) is 20.5. The highest BCUT2D eigenvalue weighted by Crippen LogP contribution is 2.54. The summed E-state index contributed by atoms with van der Waals surface area (Å²) in [5.41, 5.74) is 16.9. The van der Waals surface area contributed by atoms with Gasteiger partial charge in [0.15, 0.2) is 0 Å². The summed E-state index contributed by atoms with van der Waals surface area (Å²) in [6, 6.07) is 84.6. The van der Waals surface area contributed by atoms with E-state index in [9.17, 15) is 0 Å². The van der Waals surface area contributed by atoms with E-state index in [1.54, 1.807) is 0 Å². The fourth-order valence-electron chi connectivity index (χ4n) is 9.74. The molecule has 0 saturated heterocycles. The van der Waals surface area contributed by atoms with Crippen LogP contribution in [0.25, 0.3) is 66.1 Å². The maximum Gasteiger partial charge on any atom is 0.0468 e. The van der Waals surface area contributed by atoms with Gasteiger partial charge >= 0.3 is 0 Å². The van der Waals surface area contributed by atoms with Gasteiger partial charge in [-0.15, -0.1) is 0 Å². The van der Waals surface area contributed by atoms with Gasteiger partial charge in [-0.25, -0.2) is 0 Å². The topological polar surface area (TPSA) is 3.24 Å². The first-order valence-corrected chi connectivity index (χ1v) is 20.5. The molecule has 278 valence electrons. The molecule has 59 heavy (non-hydrogen) atoms. The summed E-state index contributed by atoms with van der Waals surface area (Å²) in [5, 5.41) is 4.96. The van der Waals surface area contributed by atoms with Crippen molar-refractivity contribution in [1.29, 1.82) is 0 Å². The molecule has 11 rings (SSSR count). The number of hydrogen-bond donors (Lipinski definition) is 0. The number of fused-ring (bicyclic) bond motifs is 6. The lowest BCUT2D eigenvalue weighted by atomic mass is 9.74. The molecule has 0 spiro atoms. The van der Waals surface area contributed by atoms with E-state index in [0.29, 0.717) is 0 Å². The molecule has 0 fully saturated rings. The van der Waals surface area contributed by atoms with Crippen LogP contribution in [0.3, 0.4) is 0 Å². The molecule has 1 heteroatoms. The molecular formula is C58H41N. The van der Waals surface area contributed by atoms with E-state index in [2.05, 4.69) is 242 Å². The molecule has 0 saturated carbocycles. The van der Waals surface area contributed by atoms with Crippen molar-refractivity contribution in [3.63, 3.8) is 0 Å². The number of benzene rings is 10. The summed E-state index contributed by atoms with van der Waals surface area (Å²) in [7, 11) is 0. The first kappa shape index (κ1) is 34.7. The van der Waals surface area contributed by atoms with E-state index in [0.717, 1.165) is 17.1 Å². The Morgan fingerprint density at radius 3 is 1.51 bits per heavy atom. The van der Waals surface area contributed by atoms with Gasteiger partial charge in [0.05, 0.1) is 0 Å². The normalized spacial score (nSPS) is 14.3. The van der Waals surface area contributed by atoms with Crippen molar-refractivity contribution in [3.05, 3.63) is 247 Å². The lowest BCUT2D eigenvalue weighted by molar-refractivity contribution is 0.714. The number of nitrogens with zero attached hydrogens (tertiary/aromatic N) is 1. The van der Waals surface area contributed by atoms with Crippen LogP contribution in [-0.2, 0) is 5.41 Å². The Bertz CT molecular complexity index is 3150. The molecule has 1 atom stereocenters. The van der Waals surface area contributed by atoms with Gasteiger partial charge in [0.1, 0.15) is 0 Å². The smallest absolute Gasteiger partial charge is 0.0468 e. The van der Waals surface area contributed by atoms with Crippen molar-refractivity contribution in [3.8, 4) is 44.5 Å². The fraction of sp³-hybridized carbons (Fsp3) is 0.0345. The molecule has 0 heterocycles. The van der Waals surface area contributed by atoms with E-state index in [1.807, 2.05) is 0 Å². The van der Waals surface area contributed by atoms with Crippen molar-refractivity contribution in [1.82, 2.24) is 0 Å². The van der Waals surface area contributed by atoms with Gasteiger partial charge in [0.2, 0.25) is 0 Å². The second-order valence-electron chi connectivity index (χ2n) is 15.8. The van der Waals surface area contributed by atoms with Gasteiger partial charge in [-0.2, -0.15) is 0 Å². The minimum Gasteiger partial charge on any atom is -0.310 e. The van der Waals surface area contributed by atoms with Crippen molar-refractivity contribution >= 4 is 38.6 Å². The molecule has 0 N–H and O–H groups in total. The maximum atomic E-state index is 2.46. The lowest BCUT2D eigenvalue weighted by Gasteiger charge is -2.30. The molecule has 0 radical (unpaired) electrons. The van der Waals surface area contributed by atoms with E-state index in [4.69, 9.17) is 0 Å². The van der Waals surface area contributed by atoms with Crippen LogP contribution in [0.5, 0.6) is 0 Å². The maximum absolute atomic E-state index is 2.46. The number of anilines is 3.